The van der Waals surface area contributed by atoms with E-state index < -0.39 is 0 Å². The second kappa shape index (κ2) is 7.52. The van der Waals surface area contributed by atoms with Crippen LogP contribution in [0.25, 0.3) is 5.65 Å². The molecule has 2 aromatic heterocycles. The summed E-state index contributed by atoms with van der Waals surface area (Å²) in [7, 11) is 0. The maximum atomic E-state index is 12.6. The Hall–Kier alpha value is -3.71. The van der Waals surface area contributed by atoms with Crippen molar-refractivity contribution in [3.05, 3.63) is 88.3 Å². The number of carbonyl (C=O) groups excluding carboxylic acids is 2. The highest BCUT2D eigenvalue weighted by Gasteiger charge is 2.27. The summed E-state index contributed by atoms with van der Waals surface area (Å²) in [6, 6.07) is 16.5. The van der Waals surface area contributed by atoms with Crippen LogP contribution in [0.15, 0.2) is 60.8 Å². The molecule has 5 rings (SSSR count). The maximum absolute atomic E-state index is 12.6. The lowest BCUT2D eigenvalue weighted by Gasteiger charge is -2.18. The number of halogens is 1. The summed E-state index contributed by atoms with van der Waals surface area (Å²) >= 11 is 6.11. The van der Waals surface area contributed by atoms with Crippen molar-refractivity contribution in [3.8, 4) is 0 Å². The number of carbonyl (C=O) groups is 2. The van der Waals surface area contributed by atoms with E-state index in [2.05, 4.69) is 15.5 Å². The van der Waals surface area contributed by atoms with Crippen LogP contribution in [-0.4, -0.2) is 26.4 Å². The van der Waals surface area contributed by atoms with E-state index in [4.69, 9.17) is 11.6 Å². The van der Waals surface area contributed by atoms with Crippen LogP contribution in [0.5, 0.6) is 0 Å². The molecule has 0 fully saturated rings. The highest BCUT2D eigenvalue weighted by atomic mass is 35.5. The number of pyridine rings is 1. The molecule has 0 saturated heterocycles. The van der Waals surface area contributed by atoms with Crippen LogP contribution < -0.4 is 10.2 Å². The van der Waals surface area contributed by atoms with E-state index in [0.29, 0.717) is 40.7 Å². The number of hydrogen-bond donors (Lipinski definition) is 1. The van der Waals surface area contributed by atoms with Crippen LogP contribution in [0, 0.1) is 6.92 Å². The van der Waals surface area contributed by atoms with E-state index in [0.717, 1.165) is 16.8 Å². The summed E-state index contributed by atoms with van der Waals surface area (Å²) in [5.41, 5.74) is 4.67. The SMILES string of the molecule is Cc1nnc2ccc(C(=O)Nc3ccc(CN4C(=O)Cc5ccc(Cl)cc54)cc3)cn12. The van der Waals surface area contributed by atoms with Crippen molar-refractivity contribution in [2.75, 3.05) is 10.2 Å². The van der Waals surface area contributed by atoms with Gasteiger partial charge in [0.15, 0.2) is 5.65 Å². The zero-order valence-corrected chi connectivity index (χ0v) is 17.4. The van der Waals surface area contributed by atoms with E-state index in [-0.39, 0.29) is 11.8 Å². The number of rotatable bonds is 4. The lowest BCUT2D eigenvalue weighted by Crippen LogP contribution is -2.26. The first-order chi connectivity index (χ1) is 15.0. The molecule has 0 unspecified atom stereocenters. The van der Waals surface area contributed by atoms with Gasteiger partial charge >= 0.3 is 0 Å². The second-order valence-electron chi connectivity index (χ2n) is 7.47. The number of hydrogen-bond acceptors (Lipinski definition) is 4. The van der Waals surface area contributed by atoms with Crippen LogP contribution in [0.3, 0.4) is 0 Å². The van der Waals surface area contributed by atoms with Gasteiger partial charge in [0.2, 0.25) is 5.91 Å². The standard InChI is InChI=1S/C23H18ClN5O2/c1-14-26-27-21-9-5-17(13-28(14)21)23(31)25-19-7-2-15(3-8-19)12-29-20-11-18(24)6-4-16(20)10-22(29)30/h2-9,11,13H,10,12H2,1H3,(H,25,31). The summed E-state index contributed by atoms with van der Waals surface area (Å²) in [6.07, 6.45) is 2.10. The number of nitrogens with one attached hydrogen (secondary N) is 1. The minimum absolute atomic E-state index is 0.0503. The number of amides is 2. The predicted octanol–water partition coefficient (Wildman–Crippen LogP) is 4.03. The Kier molecular flexibility index (Phi) is 4.67. The molecule has 31 heavy (non-hydrogen) atoms. The van der Waals surface area contributed by atoms with Crippen molar-refractivity contribution >= 4 is 40.4 Å². The van der Waals surface area contributed by atoms with E-state index in [1.807, 2.05) is 43.3 Å². The number of aryl methyl sites for hydroxylation is 1. The van der Waals surface area contributed by atoms with Crippen molar-refractivity contribution in [1.82, 2.24) is 14.6 Å². The first-order valence-electron chi connectivity index (χ1n) is 9.78. The Morgan fingerprint density at radius 3 is 2.71 bits per heavy atom. The van der Waals surface area contributed by atoms with Crippen molar-refractivity contribution < 1.29 is 9.59 Å². The molecule has 0 spiro atoms. The minimum atomic E-state index is -0.221. The fourth-order valence-electron chi connectivity index (χ4n) is 3.72. The van der Waals surface area contributed by atoms with Gasteiger partial charge in [-0.15, -0.1) is 10.2 Å². The molecule has 0 aliphatic carbocycles. The lowest BCUT2D eigenvalue weighted by molar-refractivity contribution is -0.117. The molecule has 0 atom stereocenters. The Morgan fingerprint density at radius 2 is 1.90 bits per heavy atom. The molecule has 2 amide bonds. The van der Waals surface area contributed by atoms with E-state index in [1.54, 1.807) is 33.7 Å². The monoisotopic (exact) mass is 431 g/mol. The molecule has 0 radical (unpaired) electrons. The van der Waals surface area contributed by atoms with Gasteiger partial charge in [0.1, 0.15) is 5.82 Å². The van der Waals surface area contributed by atoms with Crippen LogP contribution in [0.1, 0.15) is 27.3 Å². The maximum Gasteiger partial charge on any atom is 0.257 e. The number of nitrogens with zero attached hydrogens (tertiary/aromatic N) is 4. The highest BCUT2D eigenvalue weighted by Crippen LogP contribution is 2.32. The largest absolute Gasteiger partial charge is 0.322 e. The number of anilines is 2. The molecule has 7 nitrogen and oxygen atoms in total. The van der Waals surface area contributed by atoms with E-state index in [9.17, 15) is 9.59 Å². The first-order valence-corrected chi connectivity index (χ1v) is 10.2. The molecular weight excluding hydrogens is 414 g/mol. The molecule has 4 aromatic rings. The first kappa shape index (κ1) is 19.3. The van der Waals surface area contributed by atoms with Crippen molar-refractivity contribution in [2.24, 2.45) is 0 Å². The zero-order valence-electron chi connectivity index (χ0n) is 16.7. The van der Waals surface area contributed by atoms with Gasteiger partial charge in [-0.05, 0) is 54.4 Å². The van der Waals surface area contributed by atoms with Gasteiger partial charge < -0.3 is 10.2 Å². The molecule has 2 aromatic carbocycles. The third-order valence-corrected chi connectivity index (χ3v) is 5.60. The number of fused-ring (bicyclic) bond motifs is 2. The van der Waals surface area contributed by atoms with Gasteiger partial charge in [-0.2, -0.15) is 0 Å². The summed E-state index contributed by atoms with van der Waals surface area (Å²) in [6.45, 7) is 2.28. The Balaban J connectivity index is 1.30. The summed E-state index contributed by atoms with van der Waals surface area (Å²) in [5, 5.41) is 11.5. The molecule has 1 aliphatic heterocycles. The van der Waals surface area contributed by atoms with E-state index >= 15 is 0 Å². The van der Waals surface area contributed by atoms with Crippen LogP contribution >= 0.6 is 11.6 Å². The van der Waals surface area contributed by atoms with Gasteiger partial charge in [0.05, 0.1) is 18.5 Å². The quantitative estimate of drug-likeness (QED) is 0.529. The number of aromatic nitrogens is 3. The zero-order chi connectivity index (χ0) is 21.5. The van der Waals surface area contributed by atoms with Crippen LogP contribution in [0.4, 0.5) is 11.4 Å². The molecule has 154 valence electrons. The topological polar surface area (TPSA) is 79.6 Å². The highest BCUT2D eigenvalue weighted by molar-refractivity contribution is 6.31. The van der Waals surface area contributed by atoms with Gasteiger partial charge in [-0.3, -0.25) is 14.0 Å². The summed E-state index contributed by atoms with van der Waals surface area (Å²) in [4.78, 5) is 26.8. The average Bonchev–Trinajstić information content (AvgIpc) is 3.28. The van der Waals surface area contributed by atoms with Crippen molar-refractivity contribution in [2.45, 2.75) is 19.9 Å². The smallest absolute Gasteiger partial charge is 0.257 e. The third-order valence-electron chi connectivity index (χ3n) is 5.37. The normalized spacial score (nSPS) is 13.0. The minimum Gasteiger partial charge on any atom is -0.322 e. The summed E-state index contributed by atoms with van der Waals surface area (Å²) < 4.78 is 1.77. The molecule has 0 saturated carbocycles. The van der Waals surface area contributed by atoms with Gasteiger partial charge in [-0.25, -0.2) is 0 Å². The molecular formula is C23H18ClN5O2. The van der Waals surface area contributed by atoms with Crippen molar-refractivity contribution in [3.63, 3.8) is 0 Å². The number of benzene rings is 2. The molecule has 1 aliphatic rings. The fourth-order valence-corrected chi connectivity index (χ4v) is 3.89. The Morgan fingerprint density at radius 1 is 1.10 bits per heavy atom. The van der Waals surface area contributed by atoms with Gasteiger partial charge in [-0.1, -0.05) is 29.8 Å². The third kappa shape index (κ3) is 3.64. The Bertz CT molecular complexity index is 1330. The Labute approximate surface area is 183 Å². The van der Waals surface area contributed by atoms with Gasteiger partial charge in [0.25, 0.3) is 5.91 Å². The molecule has 1 N–H and O–H groups in total. The van der Waals surface area contributed by atoms with Crippen molar-refractivity contribution in [1.29, 1.82) is 0 Å². The molecule has 0 bridgehead atoms. The van der Waals surface area contributed by atoms with Crippen LogP contribution in [0.2, 0.25) is 5.02 Å². The molecule has 8 heteroatoms. The average molecular weight is 432 g/mol. The summed E-state index contributed by atoms with van der Waals surface area (Å²) in [5.74, 6) is 0.545. The fraction of sp³-hybridized carbons (Fsp3) is 0.130. The van der Waals surface area contributed by atoms with Crippen LogP contribution in [-0.2, 0) is 17.8 Å². The molecule has 3 heterocycles. The van der Waals surface area contributed by atoms with E-state index in [1.165, 1.54) is 0 Å². The predicted molar refractivity (Wildman–Crippen MR) is 118 cm³/mol. The lowest BCUT2D eigenvalue weighted by atomic mass is 10.1. The second-order valence-corrected chi connectivity index (χ2v) is 7.91. The van der Waals surface area contributed by atoms with Gasteiger partial charge in [0, 0.05) is 22.6 Å².